The smallest absolute Gasteiger partial charge is 0.138 e. The molecule has 4 heteroatoms. The molecule has 0 aliphatic carbocycles. The summed E-state index contributed by atoms with van der Waals surface area (Å²) in [6, 6.07) is 12.2. The average molecular weight is 280 g/mol. The normalized spacial score (nSPS) is 12.0. The minimum absolute atomic E-state index is 0.0175. The Kier molecular flexibility index (Phi) is 3.26. The highest BCUT2D eigenvalue weighted by Crippen LogP contribution is 2.24. The predicted molar refractivity (Wildman–Crippen MR) is 85.5 cm³/mol. The summed E-state index contributed by atoms with van der Waals surface area (Å²) in [4.78, 5) is 9.25. The first kappa shape index (κ1) is 13.8. The molecule has 2 heterocycles. The number of aromatic nitrogens is 3. The van der Waals surface area contributed by atoms with Crippen molar-refractivity contribution < 1.29 is 0 Å². The molecular weight excluding hydrogens is 260 g/mol. The zero-order valence-corrected chi connectivity index (χ0v) is 12.7. The number of nitrogens with zero attached hydrogens (tertiary/aromatic N) is 3. The second-order valence-electron chi connectivity index (χ2n) is 6.28. The Morgan fingerprint density at radius 3 is 2.62 bits per heavy atom. The molecule has 0 saturated heterocycles. The van der Waals surface area contributed by atoms with Crippen molar-refractivity contribution in [2.24, 2.45) is 5.73 Å². The third kappa shape index (κ3) is 2.54. The van der Waals surface area contributed by atoms with E-state index in [-0.39, 0.29) is 5.41 Å². The van der Waals surface area contributed by atoms with Crippen molar-refractivity contribution in [1.82, 2.24) is 14.5 Å². The van der Waals surface area contributed by atoms with Gasteiger partial charge in [-0.2, -0.15) is 0 Å². The molecule has 0 aliphatic heterocycles. The molecule has 4 nitrogen and oxygen atoms in total. The van der Waals surface area contributed by atoms with Gasteiger partial charge in [-0.15, -0.1) is 0 Å². The molecule has 2 aromatic heterocycles. The van der Waals surface area contributed by atoms with Crippen molar-refractivity contribution in [3.63, 3.8) is 0 Å². The molecule has 0 atom stereocenters. The number of para-hydroxylation sites is 2. The zero-order chi connectivity index (χ0) is 15.0. The van der Waals surface area contributed by atoms with Crippen LogP contribution in [0.4, 0.5) is 0 Å². The fourth-order valence-electron chi connectivity index (χ4n) is 2.34. The van der Waals surface area contributed by atoms with Crippen LogP contribution in [0.25, 0.3) is 16.9 Å². The Morgan fingerprint density at radius 1 is 1.14 bits per heavy atom. The van der Waals surface area contributed by atoms with E-state index in [0.717, 1.165) is 28.1 Å². The first-order chi connectivity index (χ1) is 9.99. The lowest BCUT2D eigenvalue weighted by Gasteiger charge is -2.20. The molecule has 1 aromatic carbocycles. The molecule has 3 aromatic rings. The second kappa shape index (κ2) is 4.97. The van der Waals surface area contributed by atoms with Gasteiger partial charge in [0.2, 0.25) is 0 Å². The van der Waals surface area contributed by atoms with Gasteiger partial charge in [0.25, 0.3) is 0 Å². The summed E-state index contributed by atoms with van der Waals surface area (Å²) < 4.78 is 2.02. The molecule has 21 heavy (non-hydrogen) atoms. The van der Waals surface area contributed by atoms with Gasteiger partial charge >= 0.3 is 0 Å². The Bertz CT molecular complexity index is 781. The van der Waals surface area contributed by atoms with E-state index >= 15 is 0 Å². The van der Waals surface area contributed by atoms with E-state index in [1.54, 1.807) is 0 Å². The van der Waals surface area contributed by atoms with Crippen LogP contribution < -0.4 is 5.73 Å². The van der Waals surface area contributed by atoms with E-state index in [1.807, 2.05) is 35.2 Å². The van der Waals surface area contributed by atoms with Gasteiger partial charge in [0.05, 0.1) is 11.0 Å². The number of pyridine rings is 1. The van der Waals surface area contributed by atoms with Gasteiger partial charge in [-0.05, 0) is 29.8 Å². The Hall–Kier alpha value is -2.20. The number of fused-ring (bicyclic) bond motifs is 1. The van der Waals surface area contributed by atoms with Gasteiger partial charge < -0.3 is 5.73 Å². The Morgan fingerprint density at radius 2 is 1.90 bits per heavy atom. The Balaban J connectivity index is 2.22. The summed E-state index contributed by atoms with van der Waals surface area (Å²) in [5, 5.41) is 0. The molecule has 0 unspecified atom stereocenters. The van der Waals surface area contributed by atoms with Crippen molar-refractivity contribution in [3.05, 3.63) is 54.0 Å². The maximum atomic E-state index is 5.84. The number of hydrogen-bond donors (Lipinski definition) is 1. The number of rotatable bonds is 2. The van der Waals surface area contributed by atoms with Crippen molar-refractivity contribution >= 4 is 11.0 Å². The van der Waals surface area contributed by atoms with Crippen molar-refractivity contribution in [1.29, 1.82) is 0 Å². The van der Waals surface area contributed by atoms with Gasteiger partial charge in [-0.25, -0.2) is 9.97 Å². The third-order valence-corrected chi connectivity index (χ3v) is 3.58. The van der Waals surface area contributed by atoms with Crippen molar-refractivity contribution in [2.45, 2.75) is 32.7 Å². The van der Waals surface area contributed by atoms with Crippen LogP contribution in [0.2, 0.25) is 0 Å². The maximum Gasteiger partial charge on any atom is 0.138 e. The highest BCUT2D eigenvalue weighted by atomic mass is 15.1. The van der Waals surface area contributed by atoms with Crippen LogP contribution in [-0.2, 0) is 12.0 Å². The molecule has 3 rings (SSSR count). The van der Waals surface area contributed by atoms with Crippen LogP contribution in [0, 0.1) is 0 Å². The van der Waals surface area contributed by atoms with E-state index in [0.29, 0.717) is 6.54 Å². The molecule has 0 radical (unpaired) electrons. The fourth-order valence-corrected chi connectivity index (χ4v) is 2.34. The first-order valence-electron chi connectivity index (χ1n) is 7.13. The largest absolute Gasteiger partial charge is 0.326 e. The van der Waals surface area contributed by atoms with E-state index < -0.39 is 0 Å². The van der Waals surface area contributed by atoms with Crippen LogP contribution in [0.1, 0.15) is 32.0 Å². The van der Waals surface area contributed by atoms with Crippen molar-refractivity contribution in [2.75, 3.05) is 0 Å². The van der Waals surface area contributed by atoms with E-state index in [1.165, 1.54) is 0 Å². The maximum absolute atomic E-state index is 5.84. The summed E-state index contributed by atoms with van der Waals surface area (Å²) in [5.41, 5.74) is 9.97. The molecule has 0 aliphatic rings. The van der Waals surface area contributed by atoms with E-state index in [2.05, 4.69) is 37.9 Å². The molecule has 0 amide bonds. The minimum Gasteiger partial charge on any atom is -0.326 e. The molecule has 0 saturated carbocycles. The summed E-state index contributed by atoms with van der Waals surface area (Å²) >= 11 is 0. The summed E-state index contributed by atoms with van der Waals surface area (Å²) in [6.07, 6.45) is 1.82. The second-order valence-corrected chi connectivity index (χ2v) is 6.28. The van der Waals surface area contributed by atoms with Gasteiger partial charge in [-0.3, -0.25) is 4.57 Å². The summed E-state index contributed by atoms with van der Waals surface area (Å²) in [6.45, 7) is 6.98. The van der Waals surface area contributed by atoms with Crippen LogP contribution in [0.3, 0.4) is 0 Å². The number of imidazole rings is 1. The minimum atomic E-state index is -0.0175. The Labute approximate surface area is 124 Å². The molecule has 108 valence electrons. The standard InChI is InChI=1S/C17H20N4/c1-17(2,3)15-8-12(10-18)9-16(20-15)21-11-19-13-6-4-5-7-14(13)21/h4-9,11H,10,18H2,1-3H3. The lowest BCUT2D eigenvalue weighted by Crippen LogP contribution is -2.16. The quantitative estimate of drug-likeness (QED) is 0.784. The monoisotopic (exact) mass is 280 g/mol. The lowest BCUT2D eigenvalue weighted by molar-refractivity contribution is 0.566. The molecule has 0 bridgehead atoms. The predicted octanol–water partition coefficient (Wildman–Crippen LogP) is 3.18. The SMILES string of the molecule is CC(C)(C)c1cc(CN)cc(-n2cnc3ccccc32)n1. The fraction of sp³-hybridized carbons (Fsp3) is 0.294. The zero-order valence-electron chi connectivity index (χ0n) is 12.7. The highest BCUT2D eigenvalue weighted by Gasteiger charge is 2.18. The molecule has 0 fully saturated rings. The number of benzene rings is 1. The molecule has 2 N–H and O–H groups in total. The van der Waals surface area contributed by atoms with Gasteiger partial charge in [0.15, 0.2) is 0 Å². The topological polar surface area (TPSA) is 56.7 Å². The average Bonchev–Trinajstić information content (AvgIpc) is 2.89. The number of hydrogen-bond acceptors (Lipinski definition) is 3. The first-order valence-corrected chi connectivity index (χ1v) is 7.13. The number of nitrogens with two attached hydrogens (primary N) is 1. The highest BCUT2D eigenvalue weighted by molar-refractivity contribution is 5.76. The van der Waals surface area contributed by atoms with Crippen LogP contribution >= 0.6 is 0 Å². The van der Waals surface area contributed by atoms with Crippen LogP contribution in [0.15, 0.2) is 42.7 Å². The molecular formula is C17H20N4. The van der Waals surface area contributed by atoms with Gasteiger partial charge in [0.1, 0.15) is 12.1 Å². The van der Waals surface area contributed by atoms with Gasteiger partial charge in [0, 0.05) is 17.7 Å². The third-order valence-electron chi connectivity index (χ3n) is 3.58. The van der Waals surface area contributed by atoms with Crippen LogP contribution in [0.5, 0.6) is 0 Å². The van der Waals surface area contributed by atoms with E-state index in [9.17, 15) is 0 Å². The summed E-state index contributed by atoms with van der Waals surface area (Å²) in [5.74, 6) is 0.872. The van der Waals surface area contributed by atoms with Gasteiger partial charge in [-0.1, -0.05) is 32.9 Å². The van der Waals surface area contributed by atoms with Crippen molar-refractivity contribution in [3.8, 4) is 5.82 Å². The van der Waals surface area contributed by atoms with Crippen LogP contribution in [-0.4, -0.2) is 14.5 Å². The molecule has 0 spiro atoms. The lowest BCUT2D eigenvalue weighted by atomic mass is 9.91. The summed E-state index contributed by atoms with van der Waals surface area (Å²) in [7, 11) is 0. The van der Waals surface area contributed by atoms with E-state index in [4.69, 9.17) is 10.7 Å².